The predicted molar refractivity (Wildman–Crippen MR) is 179 cm³/mol. The molecule has 3 aromatic carbocycles. The number of halogens is 3. The minimum atomic E-state index is -5.08. The van der Waals surface area contributed by atoms with Crippen molar-refractivity contribution in [1.29, 1.82) is 0 Å². The summed E-state index contributed by atoms with van der Waals surface area (Å²) in [7, 11) is -2.50. The fourth-order valence-electron chi connectivity index (χ4n) is 5.22. The zero-order valence-corrected chi connectivity index (χ0v) is 28.6. The fraction of sp³-hybridized carbons (Fsp3) is 0.324. The van der Waals surface area contributed by atoms with E-state index in [9.17, 15) is 46.1 Å². The summed E-state index contributed by atoms with van der Waals surface area (Å²) in [4.78, 5) is 48.9. The highest BCUT2D eigenvalue weighted by atomic mass is 32.2. The Bertz CT molecular complexity index is 1740. The number of nitrogens with zero attached hydrogens (tertiary/aromatic N) is 2. The standard InChI is InChI=1S/C34H37F3N4O9S/c1-4-22-40(51(47,48)26-20-18-25(19-21-26)41(45)46)27(32(43)49-2)16-11-17-28(34(35,36)37)38-31(42)30(39-33(44)50-3)29(23-12-7-5-8-13-23)24-14-9-6-10-15-24/h5-15,17-21,27-30H,4,16,22H2,1-3H3,(H,38,42)(H,39,44)/b17-11+/t27-,28?,30-/m0/s1. The van der Waals surface area contributed by atoms with Gasteiger partial charge in [-0.1, -0.05) is 79.7 Å². The number of alkyl carbamates (subject to hydrolysis) is 1. The van der Waals surface area contributed by atoms with Crippen molar-refractivity contribution in [3.8, 4) is 0 Å². The van der Waals surface area contributed by atoms with Crippen LogP contribution in [0.5, 0.6) is 0 Å². The van der Waals surface area contributed by atoms with Crippen molar-refractivity contribution in [2.75, 3.05) is 20.8 Å². The molecule has 3 aromatic rings. The molecule has 17 heteroatoms. The van der Waals surface area contributed by atoms with E-state index in [0.29, 0.717) is 17.2 Å². The van der Waals surface area contributed by atoms with Crippen LogP contribution < -0.4 is 10.6 Å². The van der Waals surface area contributed by atoms with E-state index < -0.39 is 74.5 Å². The lowest BCUT2D eigenvalue weighted by atomic mass is 9.84. The number of alkyl halides is 3. The molecular formula is C34H37F3N4O9S. The monoisotopic (exact) mass is 734 g/mol. The topological polar surface area (TPSA) is 174 Å². The van der Waals surface area contributed by atoms with Gasteiger partial charge in [-0.05, 0) is 36.1 Å². The highest BCUT2D eigenvalue weighted by molar-refractivity contribution is 7.89. The molecule has 274 valence electrons. The molecule has 0 fully saturated rings. The van der Waals surface area contributed by atoms with Gasteiger partial charge in [0.25, 0.3) is 5.69 Å². The maximum atomic E-state index is 14.4. The Morgan fingerprint density at radius 1 is 0.902 bits per heavy atom. The number of esters is 1. The van der Waals surface area contributed by atoms with E-state index in [1.54, 1.807) is 67.6 Å². The molecule has 2 N–H and O–H groups in total. The summed E-state index contributed by atoms with van der Waals surface area (Å²) in [5.74, 6) is -3.26. The molecule has 0 aliphatic heterocycles. The average Bonchev–Trinajstić information content (AvgIpc) is 3.11. The molecule has 0 saturated heterocycles. The Hall–Kier alpha value is -5.29. The summed E-state index contributed by atoms with van der Waals surface area (Å²) in [6.07, 6.45) is -5.12. The number of ether oxygens (including phenoxy) is 2. The first kappa shape index (κ1) is 40.1. The molecule has 3 atom stereocenters. The van der Waals surface area contributed by atoms with Crippen LogP contribution in [0.25, 0.3) is 0 Å². The van der Waals surface area contributed by atoms with Crippen molar-refractivity contribution < 1.29 is 50.4 Å². The van der Waals surface area contributed by atoms with Crippen LogP contribution in [0.2, 0.25) is 0 Å². The summed E-state index contributed by atoms with van der Waals surface area (Å²) in [6.45, 7) is 1.35. The molecule has 3 rings (SSSR count). The van der Waals surface area contributed by atoms with Crippen molar-refractivity contribution in [3.63, 3.8) is 0 Å². The Balaban J connectivity index is 1.98. The third-order valence-electron chi connectivity index (χ3n) is 7.65. The second-order valence-corrected chi connectivity index (χ2v) is 12.9. The van der Waals surface area contributed by atoms with Crippen LogP contribution in [-0.4, -0.2) is 80.7 Å². The normalized spacial score (nSPS) is 13.7. The Morgan fingerprint density at radius 2 is 1.45 bits per heavy atom. The van der Waals surface area contributed by atoms with Gasteiger partial charge in [-0.3, -0.25) is 19.7 Å². The summed E-state index contributed by atoms with van der Waals surface area (Å²) in [5, 5.41) is 15.3. The Morgan fingerprint density at radius 3 is 1.90 bits per heavy atom. The summed E-state index contributed by atoms with van der Waals surface area (Å²) < 4.78 is 80.7. The molecule has 2 amide bonds. The van der Waals surface area contributed by atoms with Gasteiger partial charge < -0.3 is 20.1 Å². The van der Waals surface area contributed by atoms with Crippen LogP contribution in [0.1, 0.15) is 36.8 Å². The van der Waals surface area contributed by atoms with Crippen molar-refractivity contribution >= 4 is 33.7 Å². The molecule has 0 spiro atoms. The summed E-state index contributed by atoms with van der Waals surface area (Å²) >= 11 is 0. The van der Waals surface area contributed by atoms with E-state index in [4.69, 9.17) is 4.74 Å². The van der Waals surface area contributed by atoms with Gasteiger partial charge in [0, 0.05) is 24.6 Å². The zero-order chi connectivity index (χ0) is 37.8. The quantitative estimate of drug-likeness (QED) is 0.0880. The van der Waals surface area contributed by atoms with Gasteiger partial charge in [0.05, 0.1) is 24.0 Å². The Labute approximate surface area is 292 Å². The number of hydrogen-bond donors (Lipinski definition) is 2. The van der Waals surface area contributed by atoms with Gasteiger partial charge in [0.1, 0.15) is 18.1 Å². The first-order chi connectivity index (χ1) is 24.1. The molecule has 0 aliphatic carbocycles. The van der Waals surface area contributed by atoms with Crippen molar-refractivity contribution in [2.24, 2.45) is 0 Å². The highest BCUT2D eigenvalue weighted by Gasteiger charge is 2.42. The molecule has 0 radical (unpaired) electrons. The highest BCUT2D eigenvalue weighted by Crippen LogP contribution is 2.30. The third kappa shape index (κ3) is 10.6. The SMILES string of the molecule is CCCN([C@@H](C/C=C/C(NC(=O)[C@@H](NC(=O)OC)C(c1ccccc1)c1ccccc1)C(F)(F)F)C(=O)OC)S(=O)(=O)c1ccc([N+](=O)[O-])cc1. The number of methoxy groups -OCH3 is 2. The first-order valence-electron chi connectivity index (χ1n) is 15.5. The molecule has 1 unspecified atom stereocenters. The first-order valence-corrected chi connectivity index (χ1v) is 16.9. The van der Waals surface area contributed by atoms with Crippen LogP contribution in [0.3, 0.4) is 0 Å². The third-order valence-corrected chi connectivity index (χ3v) is 9.57. The van der Waals surface area contributed by atoms with E-state index >= 15 is 0 Å². The van der Waals surface area contributed by atoms with E-state index in [1.807, 2.05) is 5.32 Å². The van der Waals surface area contributed by atoms with Crippen LogP contribution in [-0.2, 0) is 29.1 Å². The zero-order valence-electron chi connectivity index (χ0n) is 27.8. The minimum Gasteiger partial charge on any atom is -0.468 e. The lowest BCUT2D eigenvalue weighted by Crippen LogP contribution is -2.55. The van der Waals surface area contributed by atoms with Crippen LogP contribution in [0.15, 0.2) is 102 Å². The smallest absolute Gasteiger partial charge is 0.412 e. The largest absolute Gasteiger partial charge is 0.468 e. The number of non-ortho nitro benzene ring substituents is 1. The minimum absolute atomic E-state index is 0.184. The molecule has 0 aromatic heterocycles. The number of nitro benzene ring substituents is 1. The number of benzene rings is 3. The van der Waals surface area contributed by atoms with Gasteiger partial charge in [0.2, 0.25) is 15.9 Å². The van der Waals surface area contributed by atoms with Crippen molar-refractivity contribution in [3.05, 3.63) is 118 Å². The fourth-order valence-corrected chi connectivity index (χ4v) is 6.90. The Kier molecular flexibility index (Phi) is 14.2. The number of sulfonamides is 1. The van der Waals surface area contributed by atoms with Gasteiger partial charge in [0.15, 0.2) is 0 Å². The van der Waals surface area contributed by atoms with Gasteiger partial charge >= 0.3 is 18.2 Å². The number of hydrogen-bond acceptors (Lipinski definition) is 9. The van der Waals surface area contributed by atoms with E-state index in [2.05, 4.69) is 10.1 Å². The number of amides is 2. The summed E-state index contributed by atoms with van der Waals surface area (Å²) in [5.41, 5.74) is 0.627. The molecule has 0 heterocycles. The molecule has 51 heavy (non-hydrogen) atoms. The maximum Gasteiger partial charge on any atom is 0.412 e. The molecule has 13 nitrogen and oxygen atoms in total. The van der Waals surface area contributed by atoms with E-state index in [1.165, 1.54) is 0 Å². The molecule has 0 bridgehead atoms. The number of rotatable bonds is 16. The summed E-state index contributed by atoms with van der Waals surface area (Å²) in [6, 6.07) is 14.7. The van der Waals surface area contributed by atoms with Crippen LogP contribution >= 0.6 is 0 Å². The number of carbonyl (C=O) groups is 3. The molecular weight excluding hydrogens is 697 g/mol. The van der Waals surface area contributed by atoms with Gasteiger partial charge in [-0.2, -0.15) is 17.5 Å². The van der Waals surface area contributed by atoms with Crippen LogP contribution in [0.4, 0.5) is 23.7 Å². The predicted octanol–water partition coefficient (Wildman–Crippen LogP) is 5.09. The molecule has 0 aliphatic rings. The van der Waals surface area contributed by atoms with Gasteiger partial charge in [-0.25, -0.2) is 13.2 Å². The second-order valence-electron chi connectivity index (χ2n) is 11.0. The second kappa shape index (κ2) is 18.1. The number of carbonyl (C=O) groups excluding carboxylic acids is 3. The van der Waals surface area contributed by atoms with Crippen molar-refractivity contribution in [1.82, 2.24) is 14.9 Å². The maximum absolute atomic E-state index is 14.4. The van der Waals surface area contributed by atoms with Gasteiger partial charge in [-0.15, -0.1) is 0 Å². The lowest BCUT2D eigenvalue weighted by molar-refractivity contribution is -0.384. The van der Waals surface area contributed by atoms with E-state index in [0.717, 1.165) is 48.9 Å². The van der Waals surface area contributed by atoms with Crippen molar-refractivity contribution in [2.45, 2.75) is 54.9 Å². The lowest BCUT2D eigenvalue weighted by Gasteiger charge is -2.30. The van der Waals surface area contributed by atoms with Crippen LogP contribution in [0, 0.1) is 10.1 Å². The number of nitro groups is 1. The number of nitrogens with one attached hydrogen (secondary N) is 2. The molecule has 0 saturated carbocycles. The van der Waals surface area contributed by atoms with E-state index in [-0.39, 0.29) is 18.7 Å². The average molecular weight is 735 g/mol.